The van der Waals surface area contributed by atoms with Crippen LogP contribution in [-0.4, -0.2) is 13.1 Å². The van der Waals surface area contributed by atoms with Gasteiger partial charge in [0, 0.05) is 17.6 Å². The van der Waals surface area contributed by atoms with Crippen LogP contribution in [0.25, 0.3) is 0 Å². The van der Waals surface area contributed by atoms with Crippen LogP contribution in [-0.2, 0) is 5.41 Å². The number of nitrogens with zero attached hydrogens (tertiary/aromatic N) is 1. The van der Waals surface area contributed by atoms with Crippen molar-refractivity contribution in [2.45, 2.75) is 52.4 Å². The maximum absolute atomic E-state index is 3.79. The van der Waals surface area contributed by atoms with Gasteiger partial charge in [-0.05, 0) is 57.8 Å². The monoisotopic (exact) mass is 309 g/mol. The summed E-state index contributed by atoms with van der Waals surface area (Å²) in [5.74, 6) is 0.583. The zero-order chi connectivity index (χ0) is 13.5. The standard InChI is InChI=1S/C16H24BrN/c1-6-18-8-7-16(4,5)13-9-12(11(2)3)10-14(17)15(13)18/h9-11H,6-8H2,1-5H3. The maximum Gasteiger partial charge on any atom is 0.0548 e. The molecule has 0 spiro atoms. The van der Waals surface area contributed by atoms with E-state index in [1.165, 1.54) is 27.7 Å². The van der Waals surface area contributed by atoms with Crippen molar-refractivity contribution in [1.82, 2.24) is 0 Å². The molecule has 0 aromatic heterocycles. The minimum absolute atomic E-state index is 0.286. The van der Waals surface area contributed by atoms with Crippen molar-refractivity contribution >= 4 is 21.6 Å². The van der Waals surface area contributed by atoms with Crippen molar-refractivity contribution in [3.8, 4) is 0 Å². The van der Waals surface area contributed by atoms with Crippen LogP contribution >= 0.6 is 15.9 Å². The summed E-state index contributed by atoms with van der Waals surface area (Å²) in [6.07, 6.45) is 1.24. The van der Waals surface area contributed by atoms with Crippen molar-refractivity contribution in [1.29, 1.82) is 0 Å². The first kappa shape index (κ1) is 13.9. The highest BCUT2D eigenvalue weighted by Crippen LogP contribution is 2.44. The maximum atomic E-state index is 3.79. The molecular weight excluding hydrogens is 286 g/mol. The van der Waals surface area contributed by atoms with Gasteiger partial charge in [0.2, 0.25) is 0 Å². The Labute approximate surface area is 120 Å². The SMILES string of the molecule is CCN1CCC(C)(C)c2cc(C(C)C)cc(Br)c21. The Morgan fingerprint density at radius 1 is 1.33 bits per heavy atom. The molecule has 100 valence electrons. The molecule has 1 aromatic carbocycles. The Balaban J connectivity index is 2.63. The average Bonchev–Trinajstić information content (AvgIpc) is 2.29. The molecule has 1 heterocycles. The highest BCUT2D eigenvalue weighted by atomic mass is 79.9. The van der Waals surface area contributed by atoms with Crippen LogP contribution in [0.15, 0.2) is 16.6 Å². The summed E-state index contributed by atoms with van der Waals surface area (Å²) in [4.78, 5) is 2.49. The molecule has 0 unspecified atom stereocenters. The van der Waals surface area contributed by atoms with Gasteiger partial charge in [-0.2, -0.15) is 0 Å². The molecule has 1 aliphatic rings. The normalized spacial score (nSPS) is 18.1. The molecule has 2 rings (SSSR count). The molecule has 0 atom stereocenters. The fourth-order valence-electron chi connectivity index (χ4n) is 2.77. The van der Waals surface area contributed by atoms with Gasteiger partial charge in [0.05, 0.1) is 5.69 Å². The molecular formula is C16H24BrN. The van der Waals surface area contributed by atoms with Gasteiger partial charge in [0.25, 0.3) is 0 Å². The van der Waals surface area contributed by atoms with Crippen LogP contribution in [0.4, 0.5) is 5.69 Å². The third-order valence-corrected chi connectivity index (χ3v) is 4.79. The predicted octanol–water partition coefficient (Wildman–Crippen LogP) is 5.08. The van der Waals surface area contributed by atoms with E-state index in [2.05, 4.69) is 67.6 Å². The second-order valence-corrected chi connectivity index (χ2v) is 7.12. The first-order valence-electron chi connectivity index (χ1n) is 6.95. The Hall–Kier alpha value is -0.500. The third kappa shape index (κ3) is 2.32. The summed E-state index contributed by atoms with van der Waals surface area (Å²) in [5.41, 5.74) is 4.65. The summed E-state index contributed by atoms with van der Waals surface area (Å²) in [6.45, 7) is 13.8. The van der Waals surface area contributed by atoms with E-state index in [0.717, 1.165) is 13.1 Å². The quantitative estimate of drug-likeness (QED) is 0.736. The Bertz CT molecular complexity index is 449. The van der Waals surface area contributed by atoms with Crippen LogP contribution in [0.2, 0.25) is 0 Å². The number of benzene rings is 1. The van der Waals surface area contributed by atoms with Gasteiger partial charge in [-0.25, -0.2) is 0 Å². The molecule has 0 aliphatic carbocycles. The summed E-state index contributed by atoms with van der Waals surface area (Å²) in [5, 5.41) is 0. The van der Waals surface area contributed by atoms with Gasteiger partial charge >= 0.3 is 0 Å². The molecule has 0 N–H and O–H groups in total. The van der Waals surface area contributed by atoms with Crippen LogP contribution in [0.3, 0.4) is 0 Å². The van der Waals surface area contributed by atoms with E-state index < -0.39 is 0 Å². The molecule has 1 nitrogen and oxygen atoms in total. The molecule has 0 saturated heterocycles. The van der Waals surface area contributed by atoms with Gasteiger partial charge in [0.15, 0.2) is 0 Å². The largest absolute Gasteiger partial charge is 0.371 e. The lowest BCUT2D eigenvalue weighted by molar-refractivity contribution is 0.454. The first-order chi connectivity index (χ1) is 8.36. The topological polar surface area (TPSA) is 3.24 Å². The van der Waals surface area contributed by atoms with E-state index in [9.17, 15) is 0 Å². The van der Waals surface area contributed by atoms with Gasteiger partial charge < -0.3 is 4.90 Å². The van der Waals surface area contributed by atoms with Crippen LogP contribution in [0, 0.1) is 0 Å². The Morgan fingerprint density at radius 3 is 2.56 bits per heavy atom. The minimum Gasteiger partial charge on any atom is -0.371 e. The molecule has 1 aliphatic heterocycles. The highest BCUT2D eigenvalue weighted by Gasteiger charge is 2.32. The minimum atomic E-state index is 0.286. The molecule has 0 bridgehead atoms. The molecule has 1 aromatic rings. The highest BCUT2D eigenvalue weighted by molar-refractivity contribution is 9.10. The molecule has 0 amide bonds. The van der Waals surface area contributed by atoms with E-state index in [0.29, 0.717) is 5.92 Å². The Kier molecular flexibility index (Phi) is 3.77. The van der Waals surface area contributed by atoms with Gasteiger partial charge in [-0.1, -0.05) is 33.8 Å². The summed E-state index contributed by atoms with van der Waals surface area (Å²) in [7, 11) is 0. The first-order valence-corrected chi connectivity index (χ1v) is 7.75. The van der Waals surface area contributed by atoms with E-state index in [-0.39, 0.29) is 5.41 Å². The number of hydrogen-bond donors (Lipinski definition) is 0. The smallest absolute Gasteiger partial charge is 0.0548 e. The lowest BCUT2D eigenvalue weighted by atomic mass is 9.76. The van der Waals surface area contributed by atoms with Crippen molar-refractivity contribution < 1.29 is 0 Å². The summed E-state index contributed by atoms with van der Waals surface area (Å²) < 4.78 is 1.26. The third-order valence-electron chi connectivity index (χ3n) is 4.19. The second kappa shape index (κ2) is 4.88. The van der Waals surface area contributed by atoms with Crippen LogP contribution in [0.1, 0.15) is 58.1 Å². The molecule has 0 radical (unpaired) electrons. The van der Waals surface area contributed by atoms with Gasteiger partial charge in [-0.15, -0.1) is 0 Å². The lowest BCUT2D eigenvalue weighted by Crippen LogP contribution is -2.37. The van der Waals surface area contributed by atoms with Crippen molar-refractivity contribution in [2.24, 2.45) is 0 Å². The lowest BCUT2D eigenvalue weighted by Gasteiger charge is -2.41. The molecule has 2 heteroatoms. The number of halogens is 1. The number of fused-ring (bicyclic) bond motifs is 1. The van der Waals surface area contributed by atoms with Gasteiger partial charge in [-0.3, -0.25) is 0 Å². The second-order valence-electron chi connectivity index (χ2n) is 6.27. The van der Waals surface area contributed by atoms with E-state index in [4.69, 9.17) is 0 Å². The zero-order valence-electron chi connectivity index (χ0n) is 12.2. The predicted molar refractivity (Wildman–Crippen MR) is 83.8 cm³/mol. The molecule has 0 fully saturated rings. The summed E-state index contributed by atoms with van der Waals surface area (Å²) >= 11 is 3.79. The Morgan fingerprint density at radius 2 is 2.00 bits per heavy atom. The number of rotatable bonds is 2. The van der Waals surface area contributed by atoms with E-state index in [1.807, 2.05) is 0 Å². The van der Waals surface area contributed by atoms with Gasteiger partial charge in [0.1, 0.15) is 0 Å². The fraction of sp³-hybridized carbons (Fsp3) is 0.625. The fourth-order valence-corrected chi connectivity index (χ4v) is 3.50. The van der Waals surface area contributed by atoms with Crippen LogP contribution < -0.4 is 4.90 Å². The van der Waals surface area contributed by atoms with E-state index in [1.54, 1.807) is 0 Å². The summed E-state index contributed by atoms with van der Waals surface area (Å²) in [6, 6.07) is 4.72. The zero-order valence-corrected chi connectivity index (χ0v) is 13.8. The molecule has 18 heavy (non-hydrogen) atoms. The average molecular weight is 310 g/mol. The van der Waals surface area contributed by atoms with Crippen molar-refractivity contribution in [2.75, 3.05) is 18.0 Å². The van der Waals surface area contributed by atoms with Crippen LogP contribution in [0.5, 0.6) is 0 Å². The number of anilines is 1. The van der Waals surface area contributed by atoms with Crippen molar-refractivity contribution in [3.05, 3.63) is 27.7 Å². The number of hydrogen-bond acceptors (Lipinski definition) is 1. The molecule has 0 saturated carbocycles. The van der Waals surface area contributed by atoms with E-state index >= 15 is 0 Å². The van der Waals surface area contributed by atoms with Crippen molar-refractivity contribution in [3.63, 3.8) is 0 Å².